The molecule has 1 saturated heterocycles. The van der Waals surface area contributed by atoms with E-state index in [4.69, 9.17) is 0 Å². The van der Waals surface area contributed by atoms with Crippen LogP contribution in [-0.2, 0) is 23.8 Å². The van der Waals surface area contributed by atoms with E-state index in [0.29, 0.717) is 16.9 Å². The minimum Gasteiger partial charge on any atom is -0.481 e. The number of hydrogen-bond donors (Lipinski definition) is 1. The van der Waals surface area contributed by atoms with Crippen molar-refractivity contribution in [2.45, 2.75) is 64.8 Å². The van der Waals surface area contributed by atoms with Crippen molar-refractivity contribution in [1.82, 2.24) is 14.7 Å². The van der Waals surface area contributed by atoms with Crippen LogP contribution in [0.25, 0.3) is 11.1 Å². The van der Waals surface area contributed by atoms with Crippen LogP contribution in [0.3, 0.4) is 0 Å². The fourth-order valence-corrected chi connectivity index (χ4v) is 5.18. The second-order valence-corrected chi connectivity index (χ2v) is 11.7. The Balaban J connectivity index is 1.62. The first kappa shape index (κ1) is 29.8. The van der Waals surface area contributed by atoms with Crippen LogP contribution in [0.4, 0.5) is 11.4 Å². The van der Waals surface area contributed by atoms with Gasteiger partial charge in [0.2, 0.25) is 0 Å². The van der Waals surface area contributed by atoms with Gasteiger partial charge in [-0.15, -0.1) is 0 Å². The number of nitro benzene ring substituents is 1. The quantitative estimate of drug-likeness (QED) is 0.259. The molecule has 0 unspecified atom stereocenters. The monoisotopic (exact) mass is 561 g/mol. The number of hydrogen-bond acceptors (Lipinski definition) is 6. The SMILES string of the molecule is Cn1nc(C(C)(C)C)cc1C(=O)N(CCC(=O)O)Cc1cccc(-c2ccc(N3CCCCCC3)c([N+](=O)[O-])c2)c1. The Morgan fingerprint density at radius 2 is 1.71 bits per heavy atom. The zero-order valence-corrected chi connectivity index (χ0v) is 24.3. The first-order valence-corrected chi connectivity index (χ1v) is 14.1. The third-order valence-electron chi connectivity index (χ3n) is 7.50. The van der Waals surface area contributed by atoms with E-state index in [2.05, 4.69) is 10.00 Å². The second-order valence-electron chi connectivity index (χ2n) is 11.7. The summed E-state index contributed by atoms with van der Waals surface area (Å²) in [6.07, 6.45) is 4.13. The van der Waals surface area contributed by atoms with Crippen molar-refractivity contribution in [3.63, 3.8) is 0 Å². The van der Waals surface area contributed by atoms with Crippen LogP contribution in [0.5, 0.6) is 0 Å². The number of anilines is 1. The molecule has 1 fully saturated rings. The number of aryl methyl sites for hydroxylation is 1. The molecule has 0 radical (unpaired) electrons. The zero-order valence-electron chi connectivity index (χ0n) is 24.3. The minimum absolute atomic E-state index is 0.0322. The van der Waals surface area contributed by atoms with Crippen molar-refractivity contribution in [2.75, 3.05) is 24.5 Å². The number of carboxylic acids is 1. The maximum absolute atomic E-state index is 13.6. The Kier molecular flexibility index (Phi) is 9.10. The number of carbonyl (C=O) groups excluding carboxylic acids is 1. The molecule has 4 rings (SSSR count). The molecule has 0 bridgehead atoms. The molecule has 2 aromatic carbocycles. The van der Waals surface area contributed by atoms with Crippen LogP contribution >= 0.6 is 0 Å². The van der Waals surface area contributed by atoms with E-state index in [0.717, 1.165) is 55.6 Å². The van der Waals surface area contributed by atoms with Gasteiger partial charge in [0.05, 0.1) is 17.0 Å². The standard InChI is InChI=1S/C31H39N5O5/c1-31(2,3)28-20-27(33(4)32-28)30(39)35(17-14-29(37)38)21-22-10-9-11-23(18-22)24-12-13-25(26(19-24)36(40)41)34-15-7-5-6-8-16-34/h9-13,18-20H,5-8,14-17,21H2,1-4H3,(H,37,38). The average Bonchev–Trinajstić information content (AvgIpc) is 3.14. The lowest BCUT2D eigenvalue weighted by molar-refractivity contribution is -0.384. The third kappa shape index (κ3) is 7.31. The molecule has 0 saturated carbocycles. The molecule has 10 nitrogen and oxygen atoms in total. The Labute approximate surface area is 240 Å². The molecule has 10 heteroatoms. The Morgan fingerprint density at radius 1 is 1.02 bits per heavy atom. The number of aromatic nitrogens is 2. The predicted octanol–water partition coefficient (Wildman–Crippen LogP) is 5.79. The zero-order chi connectivity index (χ0) is 29.7. The number of rotatable bonds is 9. The summed E-state index contributed by atoms with van der Waals surface area (Å²) in [5.41, 5.74) is 3.92. The smallest absolute Gasteiger partial charge is 0.305 e. The summed E-state index contributed by atoms with van der Waals surface area (Å²) >= 11 is 0. The Bertz CT molecular complexity index is 1420. The maximum Gasteiger partial charge on any atom is 0.305 e. The van der Waals surface area contributed by atoms with Crippen molar-refractivity contribution in [2.24, 2.45) is 7.05 Å². The van der Waals surface area contributed by atoms with E-state index in [-0.39, 0.29) is 41.4 Å². The number of benzene rings is 2. The van der Waals surface area contributed by atoms with Crippen molar-refractivity contribution >= 4 is 23.3 Å². The summed E-state index contributed by atoms with van der Waals surface area (Å²) in [5, 5.41) is 25.9. The molecular weight excluding hydrogens is 522 g/mol. The van der Waals surface area contributed by atoms with Crippen molar-refractivity contribution in [3.05, 3.63) is 75.6 Å². The van der Waals surface area contributed by atoms with Crippen LogP contribution in [0.15, 0.2) is 48.5 Å². The summed E-state index contributed by atoms with van der Waals surface area (Å²) in [5.74, 6) is -1.30. The molecule has 3 aromatic rings. The van der Waals surface area contributed by atoms with Crippen LogP contribution in [0.2, 0.25) is 0 Å². The van der Waals surface area contributed by atoms with E-state index < -0.39 is 5.97 Å². The fraction of sp³-hybridized carbons (Fsp3) is 0.452. The van der Waals surface area contributed by atoms with Crippen molar-refractivity contribution < 1.29 is 19.6 Å². The lowest BCUT2D eigenvalue weighted by atomic mass is 9.92. The summed E-state index contributed by atoms with van der Waals surface area (Å²) in [4.78, 5) is 40.4. The first-order valence-electron chi connectivity index (χ1n) is 14.1. The highest BCUT2D eigenvalue weighted by atomic mass is 16.6. The minimum atomic E-state index is -0.992. The molecule has 1 aliphatic heterocycles. The fourth-order valence-electron chi connectivity index (χ4n) is 5.18. The largest absolute Gasteiger partial charge is 0.481 e. The molecule has 0 atom stereocenters. The van der Waals surface area contributed by atoms with Crippen LogP contribution in [0.1, 0.15) is 74.6 Å². The molecule has 1 aromatic heterocycles. The van der Waals surface area contributed by atoms with E-state index in [9.17, 15) is 24.8 Å². The van der Waals surface area contributed by atoms with Crippen LogP contribution in [0, 0.1) is 10.1 Å². The number of aliphatic carboxylic acids is 1. The Hall–Kier alpha value is -4.21. The number of carboxylic acid groups (broad SMARTS) is 1. The average molecular weight is 562 g/mol. The van der Waals surface area contributed by atoms with Crippen LogP contribution in [-0.4, -0.2) is 56.2 Å². The predicted molar refractivity (Wildman–Crippen MR) is 158 cm³/mol. The summed E-state index contributed by atoms with van der Waals surface area (Å²) in [7, 11) is 1.71. The van der Waals surface area contributed by atoms with E-state index in [1.54, 1.807) is 19.2 Å². The lowest BCUT2D eigenvalue weighted by Crippen LogP contribution is -2.33. The maximum atomic E-state index is 13.6. The number of carbonyl (C=O) groups is 2. The van der Waals surface area contributed by atoms with Crippen LogP contribution < -0.4 is 4.90 Å². The highest BCUT2D eigenvalue weighted by molar-refractivity contribution is 5.93. The Morgan fingerprint density at radius 3 is 2.32 bits per heavy atom. The highest BCUT2D eigenvalue weighted by Gasteiger charge is 2.26. The first-order chi connectivity index (χ1) is 19.4. The number of nitro groups is 1. The van der Waals surface area contributed by atoms with Gasteiger partial charge in [0, 0.05) is 44.7 Å². The summed E-state index contributed by atoms with van der Waals surface area (Å²) in [6, 6.07) is 14.6. The van der Waals surface area contributed by atoms with Crippen molar-refractivity contribution in [1.29, 1.82) is 0 Å². The number of nitrogens with zero attached hydrogens (tertiary/aromatic N) is 5. The highest BCUT2D eigenvalue weighted by Crippen LogP contribution is 2.35. The third-order valence-corrected chi connectivity index (χ3v) is 7.50. The molecule has 1 amide bonds. The van der Waals surface area contributed by atoms with Gasteiger partial charge < -0.3 is 14.9 Å². The molecule has 0 aliphatic carbocycles. The van der Waals surface area contributed by atoms with Gasteiger partial charge in [-0.3, -0.25) is 24.4 Å². The summed E-state index contributed by atoms with van der Waals surface area (Å²) < 4.78 is 1.54. The van der Waals surface area contributed by atoms with Gasteiger partial charge in [-0.1, -0.05) is 57.9 Å². The summed E-state index contributed by atoms with van der Waals surface area (Å²) in [6.45, 7) is 7.88. The van der Waals surface area contributed by atoms with Gasteiger partial charge in [-0.2, -0.15) is 5.10 Å². The van der Waals surface area contributed by atoms with Crippen molar-refractivity contribution in [3.8, 4) is 11.1 Å². The molecule has 2 heterocycles. The van der Waals surface area contributed by atoms with Gasteiger partial charge in [-0.25, -0.2) is 0 Å². The van der Waals surface area contributed by atoms with E-state index >= 15 is 0 Å². The topological polar surface area (TPSA) is 122 Å². The van der Waals surface area contributed by atoms with Gasteiger partial charge in [0.15, 0.2) is 0 Å². The molecular formula is C31H39N5O5. The molecule has 1 aliphatic rings. The number of amides is 1. The van der Waals surface area contributed by atoms with Gasteiger partial charge in [-0.05, 0) is 47.7 Å². The second kappa shape index (κ2) is 12.5. The normalized spacial score (nSPS) is 14.0. The van der Waals surface area contributed by atoms with E-state index in [1.807, 2.05) is 57.2 Å². The molecule has 41 heavy (non-hydrogen) atoms. The van der Waals surface area contributed by atoms with E-state index in [1.165, 1.54) is 9.58 Å². The molecule has 218 valence electrons. The van der Waals surface area contributed by atoms with Gasteiger partial charge in [0.1, 0.15) is 11.4 Å². The van der Waals surface area contributed by atoms with Gasteiger partial charge in [0.25, 0.3) is 11.6 Å². The van der Waals surface area contributed by atoms with Gasteiger partial charge >= 0.3 is 5.97 Å². The lowest BCUT2D eigenvalue weighted by Gasteiger charge is -2.23. The molecule has 1 N–H and O–H groups in total. The molecule has 0 spiro atoms.